The fourth-order valence-corrected chi connectivity index (χ4v) is 4.59. The van der Waals surface area contributed by atoms with Gasteiger partial charge in [0.15, 0.2) is 0 Å². The van der Waals surface area contributed by atoms with E-state index in [1.165, 1.54) is 17.4 Å². The van der Waals surface area contributed by atoms with Gasteiger partial charge in [0, 0.05) is 37.3 Å². The molecule has 5 heteroatoms. The van der Waals surface area contributed by atoms with Gasteiger partial charge in [0.05, 0.1) is 5.52 Å². The van der Waals surface area contributed by atoms with Gasteiger partial charge in [-0.15, -0.1) is 0 Å². The summed E-state index contributed by atoms with van der Waals surface area (Å²) in [6.45, 7) is 8.75. The van der Waals surface area contributed by atoms with Crippen LogP contribution in [0.4, 0.5) is 4.79 Å². The highest BCUT2D eigenvalue weighted by atomic mass is 16.6. The first-order valence-electron chi connectivity index (χ1n) is 9.93. The molecule has 1 aromatic heterocycles. The van der Waals surface area contributed by atoms with Crippen molar-refractivity contribution in [2.45, 2.75) is 51.8 Å². The molecule has 5 nitrogen and oxygen atoms in total. The van der Waals surface area contributed by atoms with Gasteiger partial charge < -0.3 is 10.1 Å². The second-order valence-corrected chi connectivity index (χ2v) is 8.98. The van der Waals surface area contributed by atoms with Crippen LogP contribution in [0.25, 0.3) is 10.9 Å². The number of carbonyl (C=O) groups is 1. The molecule has 1 saturated heterocycles. The predicted octanol–water partition coefficient (Wildman–Crippen LogP) is 3.97. The maximum atomic E-state index is 12.1. The summed E-state index contributed by atoms with van der Waals surface area (Å²) >= 11 is 0. The van der Waals surface area contributed by atoms with Crippen molar-refractivity contribution >= 4 is 17.0 Å². The molecule has 3 atom stereocenters. The van der Waals surface area contributed by atoms with Crippen LogP contribution in [-0.2, 0) is 11.3 Å². The van der Waals surface area contributed by atoms with E-state index in [1.54, 1.807) is 0 Å². The van der Waals surface area contributed by atoms with Crippen LogP contribution in [0.15, 0.2) is 36.5 Å². The molecule has 0 spiro atoms. The van der Waals surface area contributed by atoms with Gasteiger partial charge >= 0.3 is 6.09 Å². The Hall–Kier alpha value is -2.14. The summed E-state index contributed by atoms with van der Waals surface area (Å²) in [7, 11) is 0. The van der Waals surface area contributed by atoms with Gasteiger partial charge in [-0.25, -0.2) is 4.79 Å². The van der Waals surface area contributed by atoms with Gasteiger partial charge in [0.2, 0.25) is 0 Å². The van der Waals surface area contributed by atoms with E-state index in [4.69, 9.17) is 4.74 Å². The zero-order valence-electron chi connectivity index (χ0n) is 16.4. The third-order valence-electron chi connectivity index (χ3n) is 5.69. The molecule has 2 aliphatic rings. The minimum atomic E-state index is -0.452. The summed E-state index contributed by atoms with van der Waals surface area (Å²) in [5.41, 5.74) is 1.85. The minimum Gasteiger partial charge on any atom is -0.444 e. The summed E-state index contributed by atoms with van der Waals surface area (Å²) in [6.07, 6.45) is 3.94. The van der Waals surface area contributed by atoms with Crippen LogP contribution < -0.4 is 5.32 Å². The Morgan fingerprint density at radius 2 is 2.07 bits per heavy atom. The maximum Gasteiger partial charge on any atom is 0.407 e. The smallest absolute Gasteiger partial charge is 0.407 e. The maximum absolute atomic E-state index is 12.1. The number of alkyl carbamates (subject to hydrolysis) is 1. The van der Waals surface area contributed by atoms with Crippen molar-refractivity contribution in [3.8, 4) is 0 Å². The Balaban J connectivity index is 1.37. The topological polar surface area (TPSA) is 54.5 Å². The SMILES string of the molecule is CC(C)(C)OC(=O)N[C@@H]1CC[C@@H]2CN(Cc3cnc4ccccc4c3)C[C@@H]21. The number of hydrogen-bond acceptors (Lipinski definition) is 4. The van der Waals surface area contributed by atoms with E-state index in [9.17, 15) is 4.79 Å². The quantitative estimate of drug-likeness (QED) is 0.892. The average Bonchev–Trinajstić information content (AvgIpc) is 3.14. The number of aromatic nitrogens is 1. The van der Waals surface area contributed by atoms with Gasteiger partial charge in [0.25, 0.3) is 0 Å². The van der Waals surface area contributed by atoms with E-state index in [-0.39, 0.29) is 12.1 Å². The molecule has 0 radical (unpaired) electrons. The fourth-order valence-electron chi connectivity index (χ4n) is 4.59. The van der Waals surface area contributed by atoms with Gasteiger partial charge in [-0.2, -0.15) is 0 Å². The second kappa shape index (κ2) is 7.12. The van der Waals surface area contributed by atoms with Crippen LogP contribution in [0.3, 0.4) is 0 Å². The number of benzene rings is 1. The van der Waals surface area contributed by atoms with Crippen molar-refractivity contribution in [1.82, 2.24) is 15.2 Å². The molecule has 4 rings (SSSR count). The molecule has 2 aromatic rings. The summed E-state index contributed by atoms with van der Waals surface area (Å²) < 4.78 is 5.44. The highest BCUT2D eigenvalue weighted by molar-refractivity contribution is 5.78. The Labute approximate surface area is 161 Å². The van der Waals surface area contributed by atoms with Crippen LogP contribution in [0.1, 0.15) is 39.2 Å². The third-order valence-corrected chi connectivity index (χ3v) is 5.69. The van der Waals surface area contributed by atoms with Crippen LogP contribution in [0.2, 0.25) is 0 Å². The van der Waals surface area contributed by atoms with Gasteiger partial charge in [-0.1, -0.05) is 18.2 Å². The van der Waals surface area contributed by atoms with E-state index in [0.717, 1.165) is 31.6 Å². The monoisotopic (exact) mass is 367 g/mol. The number of nitrogens with zero attached hydrogens (tertiary/aromatic N) is 2. The lowest BCUT2D eigenvalue weighted by atomic mass is 9.98. The van der Waals surface area contributed by atoms with E-state index in [1.807, 2.05) is 39.1 Å². The van der Waals surface area contributed by atoms with E-state index in [2.05, 4.69) is 33.4 Å². The number of para-hydroxylation sites is 1. The molecule has 2 fully saturated rings. The number of nitrogens with one attached hydrogen (secondary N) is 1. The molecule has 1 saturated carbocycles. The number of hydrogen-bond donors (Lipinski definition) is 1. The Bertz CT molecular complexity index is 830. The molecule has 1 aromatic carbocycles. The molecule has 2 heterocycles. The second-order valence-electron chi connectivity index (χ2n) is 8.98. The van der Waals surface area contributed by atoms with Crippen LogP contribution in [-0.4, -0.2) is 40.7 Å². The third kappa shape index (κ3) is 4.24. The molecular weight excluding hydrogens is 338 g/mol. The molecule has 27 heavy (non-hydrogen) atoms. The Morgan fingerprint density at radius 1 is 1.26 bits per heavy atom. The van der Waals surface area contributed by atoms with Crippen molar-refractivity contribution in [1.29, 1.82) is 0 Å². The summed E-state index contributed by atoms with van der Waals surface area (Å²) in [5.74, 6) is 1.18. The van der Waals surface area contributed by atoms with Gasteiger partial charge in [-0.05, 0) is 63.1 Å². The van der Waals surface area contributed by atoms with Crippen LogP contribution in [0.5, 0.6) is 0 Å². The van der Waals surface area contributed by atoms with Crippen molar-refractivity contribution in [3.63, 3.8) is 0 Å². The van der Waals surface area contributed by atoms with Crippen molar-refractivity contribution < 1.29 is 9.53 Å². The first kappa shape index (κ1) is 18.2. The van der Waals surface area contributed by atoms with Gasteiger partial charge in [-0.3, -0.25) is 9.88 Å². The number of rotatable bonds is 3. The van der Waals surface area contributed by atoms with E-state index < -0.39 is 5.60 Å². The largest absolute Gasteiger partial charge is 0.444 e. The fraction of sp³-hybridized carbons (Fsp3) is 0.545. The number of carbonyl (C=O) groups excluding carboxylic acids is 1. The molecule has 0 bridgehead atoms. The molecule has 144 valence electrons. The molecule has 1 N–H and O–H groups in total. The Morgan fingerprint density at radius 3 is 2.89 bits per heavy atom. The van der Waals surface area contributed by atoms with Crippen LogP contribution in [0, 0.1) is 11.8 Å². The van der Waals surface area contributed by atoms with E-state index >= 15 is 0 Å². The first-order valence-corrected chi connectivity index (χ1v) is 9.93. The number of amides is 1. The highest BCUT2D eigenvalue weighted by Gasteiger charge is 2.43. The number of likely N-dealkylation sites (tertiary alicyclic amines) is 1. The average molecular weight is 367 g/mol. The summed E-state index contributed by atoms with van der Waals surface area (Å²) in [5, 5.41) is 4.31. The van der Waals surface area contributed by atoms with Crippen molar-refractivity contribution in [2.24, 2.45) is 11.8 Å². The highest BCUT2D eigenvalue weighted by Crippen LogP contribution is 2.38. The molecular formula is C22H29N3O2. The summed E-state index contributed by atoms with van der Waals surface area (Å²) in [6, 6.07) is 10.7. The normalized spacial score (nSPS) is 25.5. The molecule has 1 amide bonds. The summed E-state index contributed by atoms with van der Waals surface area (Å²) in [4.78, 5) is 19.2. The van der Waals surface area contributed by atoms with Crippen molar-refractivity contribution in [3.05, 3.63) is 42.1 Å². The zero-order chi connectivity index (χ0) is 19.0. The first-order chi connectivity index (χ1) is 12.9. The lowest BCUT2D eigenvalue weighted by molar-refractivity contribution is 0.0491. The number of fused-ring (bicyclic) bond motifs is 2. The number of pyridine rings is 1. The lowest BCUT2D eigenvalue weighted by Crippen LogP contribution is -2.42. The predicted molar refractivity (Wildman–Crippen MR) is 106 cm³/mol. The minimum absolute atomic E-state index is 0.226. The van der Waals surface area contributed by atoms with Crippen molar-refractivity contribution in [2.75, 3.05) is 13.1 Å². The van der Waals surface area contributed by atoms with Gasteiger partial charge in [0.1, 0.15) is 5.60 Å². The molecule has 1 aliphatic heterocycles. The number of ether oxygens (including phenoxy) is 1. The zero-order valence-corrected chi connectivity index (χ0v) is 16.4. The molecule has 0 unspecified atom stereocenters. The van der Waals surface area contributed by atoms with Crippen LogP contribution >= 0.6 is 0 Å². The Kier molecular flexibility index (Phi) is 4.81. The van der Waals surface area contributed by atoms with E-state index in [0.29, 0.717) is 11.8 Å². The standard InChI is InChI=1S/C22H29N3O2/c1-22(2,3)27-21(26)24-20-9-8-17-13-25(14-18(17)20)12-15-10-16-6-4-5-7-19(16)23-11-15/h4-7,10-11,17-18,20H,8-9,12-14H2,1-3H3,(H,24,26)/t17-,18+,20-/m1/s1. The molecule has 1 aliphatic carbocycles. The lowest BCUT2D eigenvalue weighted by Gasteiger charge is -2.25.